The van der Waals surface area contributed by atoms with E-state index in [1.165, 1.54) is 0 Å². The minimum atomic E-state index is -0.638. The molecule has 0 aliphatic carbocycles. The lowest BCUT2D eigenvalue weighted by Gasteiger charge is -2.27. The van der Waals surface area contributed by atoms with Gasteiger partial charge in [-0.05, 0) is 35.7 Å². The molecule has 7 nitrogen and oxygen atoms in total. The zero-order valence-electron chi connectivity index (χ0n) is 16.9. The summed E-state index contributed by atoms with van der Waals surface area (Å²) < 4.78 is 16.2. The third-order valence-electron chi connectivity index (χ3n) is 4.60. The third kappa shape index (κ3) is 5.40. The summed E-state index contributed by atoms with van der Waals surface area (Å²) >= 11 is 0. The highest BCUT2D eigenvalue weighted by Gasteiger charge is 2.27. The Morgan fingerprint density at radius 1 is 1.10 bits per heavy atom. The number of hydrogen-bond acceptors (Lipinski definition) is 5. The fraction of sp³-hybridized carbons (Fsp3) is 0.364. The summed E-state index contributed by atoms with van der Waals surface area (Å²) in [6, 6.07) is 14.0. The summed E-state index contributed by atoms with van der Waals surface area (Å²) in [7, 11) is 1.72. The molecule has 1 aliphatic heterocycles. The number of amides is 2. The van der Waals surface area contributed by atoms with E-state index in [0.29, 0.717) is 23.8 Å². The summed E-state index contributed by atoms with van der Waals surface area (Å²) in [5, 5.41) is 2.79. The van der Waals surface area contributed by atoms with E-state index in [1.807, 2.05) is 50.2 Å². The second kappa shape index (κ2) is 9.32. The van der Waals surface area contributed by atoms with Crippen LogP contribution in [0.15, 0.2) is 48.5 Å². The average molecular weight is 398 g/mol. The molecule has 0 unspecified atom stereocenters. The molecule has 0 bridgehead atoms. The zero-order chi connectivity index (χ0) is 20.8. The van der Waals surface area contributed by atoms with E-state index in [4.69, 9.17) is 14.2 Å². The molecule has 0 spiro atoms. The number of rotatable bonds is 8. The minimum Gasteiger partial charge on any atom is -0.484 e. The fourth-order valence-corrected chi connectivity index (χ4v) is 3.02. The highest BCUT2D eigenvalue weighted by atomic mass is 16.7. The number of nitrogens with one attached hydrogen (secondary N) is 1. The van der Waals surface area contributed by atoms with Crippen LogP contribution >= 0.6 is 0 Å². The Bertz CT molecular complexity index is 854. The van der Waals surface area contributed by atoms with Crippen LogP contribution in [0.25, 0.3) is 0 Å². The van der Waals surface area contributed by atoms with Crippen LogP contribution in [0.4, 0.5) is 0 Å². The van der Waals surface area contributed by atoms with Crippen LogP contribution in [0, 0.1) is 5.92 Å². The predicted molar refractivity (Wildman–Crippen MR) is 108 cm³/mol. The smallest absolute Gasteiger partial charge is 0.258 e. The number of fused-ring (bicyclic) bond motifs is 1. The van der Waals surface area contributed by atoms with Gasteiger partial charge in [-0.1, -0.05) is 38.1 Å². The van der Waals surface area contributed by atoms with Gasteiger partial charge >= 0.3 is 0 Å². The lowest BCUT2D eigenvalue weighted by atomic mass is 10.0. The topological polar surface area (TPSA) is 77.1 Å². The first-order valence-corrected chi connectivity index (χ1v) is 9.54. The Kier molecular flexibility index (Phi) is 6.59. The third-order valence-corrected chi connectivity index (χ3v) is 4.60. The van der Waals surface area contributed by atoms with E-state index in [-0.39, 0.29) is 31.1 Å². The SMILES string of the molecule is CC(C)[C@H](NC(=O)COc1ccccc1)C(=O)N(C)Cc1ccc2c(c1)OCO2. The number of carbonyl (C=O) groups excluding carboxylic acids is 2. The first-order valence-electron chi connectivity index (χ1n) is 9.54. The van der Waals surface area contributed by atoms with Gasteiger partial charge in [0.25, 0.3) is 5.91 Å². The summed E-state index contributed by atoms with van der Waals surface area (Å²) in [6.07, 6.45) is 0. The molecule has 0 radical (unpaired) electrons. The number of hydrogen-bond donors (Lipinski definition) is 1. The van der Waals surface area contributed by atoms with Gasteiger partial charge < -0.3 is 24.4 Å². The van der Waals surface area contributed by atoms with Crippen LogP contribution in [0.1, 0.15) is 19.4 Å². The number of para-hydroxylation sites is 1. The van der Waals surface area contributed by atoms with Crippen LogP contribution in [0.2, 0.25) is 0 Å². The van der Waals surface area contributed by atoms with Crippen molar-refractivity contribution in [1.29, 1.82) is 0 Å². The van der Waals surface area contributed by atoms with Crippen molar-refractivity contribution in [3.8, 4) is 17.2 Å². The number of benzene rings is 2. The monoisotopic (exact) mass is 398 g/mol. The maximum Gasteiger partial charge on any atom is 0.258 e. The van der Waals surface area contributed by atoms with E-state index >= 15 is 0 Å². The molecule has 0 fully saturated rings. The summed E-state index contributed by atoms with van der Waals surface area (Å²) in [4.78, 5) is 26.9. The van der Waals surface area contributed by atoms with E-state index < -0.39 is 6.04 Å². The number of nitrogens with zero attached hydrogens (tertiary/aromatic N) is 1. The van der Waals surface area contributed by atoms with Gasteiger partial charge in [0.05, 0.1) is 0 Å². The molecule has 1 heterocycles. The molecule has 1 N–H and O–H groups in total. The van der Waals surface area contributed by atoms with Crippen LogP contribution in [0.5, 0.6) is 17.2 Å². The van der Waals surface area contributed by atoms with Gasteiger partial charge in [-0.15, -0.1) is 0 Å². The van der Waals surface area contributed by atoms with Crippen molar-refractivity contribution in [3.05, 3.63) is 54.1 Å². The summed E-state index contributed by atoms with van der Waals surface area (Å²) in [6.45, 7) is 4.26. The molecular formula is C22H26N2O5. The zero-order valence-corrected chi connectivity index (χ0v) is 16.9. The fourth-order valence-electron chi connectivity index (χ4n) is 3.02. The van der Waals surface area contributed by atoms with Crippen molar-refractivity contribution in [2.75, 3.05) is 20.4 Å². The van der Waals surface area contributed by atoms with Gasteiger partial charge in [-0.2, -0.15) is 0 Å². The lowest BCUT2D eigenvalue weighted by Crippen LogP contribution is -2.51. The van der Waals surface area contributed by atoms with E-state index in [0.717, 1.165) is 5.56 Å². The number of carbonyl (C=O) groups is 2. The summed E-state index contributed by atoms with van der Waals surface area (Å²) in [5.41, 5.74) is 0.923. The van der Waals surface area contributed by atoms with Crippen LogP contribution in [-0.2, 0) is 16.1 Å². The summed E-state index contributed by atoms with van der Waals surface area (Å²) in [5.74, 6) is 1.42. The van der Waals surface area contributed by atoms with Crippen molar-refractivity contribution >= 4 is 11.8 Å². The molecular weight excluding hydrogens is 372 g/mol. The average Bonchev–Trinajstić information content (AvgIpc) is 3.18. The maximum atomic E-state index is 12.9. The molecule has 1 aliphatic rings. The molecule has 2 aromatic rings. The Morgan fingerprint density at radius 2 is 1.83 bits per heavy atom. The molecule has 154 valence electrons. The number of ether oxygens (including phenoxy) is 3. The quantitative estimate of drug-likeness (QED) is 0.740. The largest absolute Gasteiger partial charge is 0.484 e. The Morgan fingerprint density at radius 3 is 2.55 bits per heavy atom. The van der Waals surface area contributed by atoms with Crippen LogP contribution in [0.3, 0.4) is 0 Å². The minimum absolute atomic E-state index is 0.0672. The molecule has 2 aromatic carbocycles. The highest BCUT2D eigenvalue weighted by Crippen LogP contribution is 2.32. The molecule has 0 saturated carbocycles. The van der Waals surface area contributed by atoms with Gasteiger partial charge in [-0.3, -0.25) is 9.59 Å². The van der Waals surface area contributed by atoms with Crippen molar-refractivity contribution in [3.63, 3.8) is 0 Å². The Hall–Kier alpha value is -3.22. The molecule has 7 heteroatoms. The lowest BCUT2D eigenvalue weighted by molar-refractivity contribution is -0.137. The molecule has 3 rings (SSSR count). The van der Waals surface area contributed by atoms with Crippen LogP contribution in [-0.4, -0.2) is 43.2 Å². The van der Waals surface area contributed by atoms with Gasteiger partial charge in [-0.25, -0.2) is 0 Å². The highest BCUT2D eigenvalue weighted by molar-refractivity contribution is 5.88. The second-order valence-corrected chi connectivity index (χ2v) is 7.27. The van der Waals surface area contributed by atoms with Gasteiger partial charge in [0.15, 0.2) is 18.1 Å². The Balaban J connectivity index is 1.57. The molecule has 2 amide bonds. The maximum absolute atomic E-state index is 12.9. The molecule has 0 saturated heterocycles. The van der Waals surface area contributed by atoms with E-state index in [2.05, 4.69) is 5.32 Å². The molecule has 0 aromatic heterocycles. The second-order valence-electron chi connectivity index (χ2n) is 7.27. The van der Waals surface area contributed by atoms with Crippen molar-refractivity contribution in [2.45, 2.75) is 26.4 Å². The van der Waals surface area contributed by atoms with Gasteiger partial charge in [0.2, 0.25) is 12.7 Å². The van der Waals surface area contributed by atoms with E-state index in [9.17, 15) is 9.59 Å². The molecule has 29 heavy (non-hydrogen) atoms. The van der Waals surface area contributed by atoms with Crippen molar-refractivity contribution < 1.29 is 23.8 Å². The first kappa shape index (κ1) is 20.5. The Labute approximate surface area is 170 Å². The standard InChI is InChI=1S/C22H26N2O5/c1-15(2)21(23-20(25)13-27-17-7-5-4-6-8-17)22(26)24(3)12-16-9-10-18-19(11-16)29-14-28-18/h4-11,15,21H,12-14H2,1-3H3,(H,23,25)/t21-/m0/s1. The van der Waals surface area contributed by atoms with Crippen LogP contribution < -0.4 is 19.5 Å². The van der Waals surface area contributed by atoms with Gasteiger partial charge in [0.1, 0.15) is 11.8 Å². The van der Waals surface area contributed by atoms with Crippen molar-refractivity contribution in [1.82, 2.24) is 10.2 Å². The van der Waals surface area contributed by atoms with E-state index in [1.54, 1.807) is 24.1 Å². The first-order chi connectivity index (χ1) is 13.9. The predicted octanol–water partition coefficient (Wildman–Crippen LogP) is 2.59. The van der Waals surface area contributed by atoms with Crippen molar-refractivity contribution in [2.24, 2.45) is 5.92 Å². The molecule has 1 atom stereocenters. The van der Waals surface area contributed by atoms with Gasteiger partial charge in [0, 0.05) is 13.6 Å². The normalized spacial score (nSPS) is 13.1. The number of likely N-dealkylation sites (N-methyl/N-ethyl adjacent to an activating group) is 1.